The molecule has 1 amide bonds. The predicted molar refractivity (Wildman–Crippen MR) is 100 cm³/mol. The number of nitrogens with zero attached hydrogens (tertiary/aromatic N) is 2. The van der Waals surface area contributed by atoms with E-state index in [-0.39, 0.29) is 11.6 Å². The van der Waals surface area contributed by atoms with Crippen molar-refractivity contribution in [2.45, 2.75) is 0 Å². The maximum atomic E-state index is 12.1. The van der Waals surface area contributed by atoms with Crippen molar-refractivity contribution >= 4 is 63.5 Å². The van der Waals surface area contributed by atoms with Crippen LogP contribution >= 0.6 is 35.0 Å². The number of benzene rings is 2. The van der Waals surface area contributed by atoms with Gasteiger partial charge in [-0.05, 0) is 36.0 Å². The van der Waals surface area contributed by atoms with Gasteiger partial charge in [-0.3, -0.25) is 14.9 Å². The highest BCUT2D eigenvalue weighted by Crippen LogP contribution is 2.32. The van der Waals surface area contributed by atoms with Crippen molar-refractivity contribution < 1.29 is 9.72 Å². The standard InChI is InChI=1S/C16H9Cl2N3O3S/c17-11-6-5-10(21(23)24)7-9(11)8-14-15(22)20-16(25-14)19-13-4-2-1-3-12(13)18/h1-8H,(H,19,20,22). The van der Waals surface area contributed by atoms with E-state index in [1.54, 1.807) is 24.3 Å². The number of non-ortho nitro benzene ring substituents is 1. The van der Waals surface area contributed by atoms with E-state index in [2.05, 4.69) is 10.3 Å². The molecule has 1 aliphatic rings. The van der Waals surface area contributed by atoms with Crippen molar-refractivity contribution in [3.63, 3.8) is 0 Å². The van der Waals surface area contributed by atoms with Crippen LogP contribution in [-0.4, -0.2) is 16.0 Å². The van der Waals surface area contributed by atoms with Crippen molar-refractivity contribution in [1.29, 1.82) is 0 Å². The molecule has 3 rings (SSSR count). The van der Waals surface area contributed by atoms with Crippen LogP contribution in [-0.2, 0) is 4.79 Å². The maximum absolute atomic E-state index is 12.1. The summed E-state index contributed by atoms with van der Waals surface area (Å²) < 4.78 is 0. The van der Waals surface area contributed by atoms with Crippen molar-refractivity contribution in [2.75, 3.05) is 0 Å². The van der Waals surface area contributed by atoms with Crippen LogP contribution in [0.1, 0.15) is 5.56 Å². The molecule has 1 N–H and O–H groups in total. The highest BCUT2D eigenvalue weighted by atomic mass is 35.5. The summed E-state index contributed by atoms with van der Waals surface area (Å²) >= 11 is 13.2. The molecule has 25 heavy (non-hydrogen) atoms. The number of rotatable bonds is 3. The Bertz CT molecular complexity index is 944. The molecule has 126 valence electrons. The number of aliphatic imine (C=N–C) groups is 1. The number of carbonyl (C=O) groups excluding carboxylic acids is 1. The average molecular weight is 394 g/mol. The molecule has 0 aliphatic carbocycles. The van der Waals surface area contributed by atoms with Crippen LogP contribution < -0.4 is 5.32 Å². The number of hydrogen-bond donors (Lipinski definition) is 1. The minimum Gasteiger partial charge on any atom is -0.300 e. The molecule has 0 unspecified atom stereocenters. The largest absolute Gasteiger partial charge is 0.300 e. The number of hydrogen-bond acceptors (Lipinski definition) is 5. The first-order valence-electron chi connectivity index (χ1n) is 6.92. The van der Waals surface area contributed by atoms with E-state index in [1.807, 2.05) is 0 Å². The van der Waals surface area contributed by atoms with Crippen LogP contribution in [0.3, 0.4) is 0 Å². The van der Waals surface area contributed by atoms with Crippen LogP contribution in [0.2, 0.25) is 10.0 Å². The highest BCUT2D eigenvalue weighted by molar-refractivity contribution is 8.18. The normalized spacial score (nSPS) is 17.1. The Morgan fingerprint density at radius 1 is 1.16 bits per heavy atom. The third kappa shape index (κ3) is 4.01. The van der Waals surface area contributed by atoms with Crippen molar-refractivity contribution in [3.8, 4) is 0 Å². The lowest BCUT2D eigenvalue weighted by Crippen LogP contribution is -2.19. The molecule has 0 bridgehead atoms. The molecule has 9 heteroatoms. The quantitative estimate of drug-likeness (QED) is 0.461. The summed E-state index contributed by atoms with van der Waals surface area (Å²) in [7, 11) is 0. The van der Waals surface area contributed by atoms with Gasteiger partial charge >= 0.3 is 0 Å². The first kappa shape index (κ1) is 17.5. The van der Waals surface area contributed by atoms with Crippen LogP contribution in [0.5, 0.6) is 0 Å². The number of thioether (sulfide) groups is 1. The third-order valence-corrected chi connectivity index (χ3v) is 4.78. The summed E-state index contributed by atoms with van der Waals surface area (Å²) in [5.74, 6) is -0.363. The number of carbonyl (C=O) groups is 1. The van der Waals surface area contributed by atoms with Gasteiger partial charge in [-0.1, -0.05) is 35.3 Å². The molecule has 1 saturated heterocycles. The molecule has 1 fully saturated rings. The van der Waals surface area contributed by atoms with Gasteiger partial charge in [0, 0.05) is 22.7 Å². The van der Waals surface area contributed by atoms with Crippen LogP contribution in [0.4, 0.5) is 11.4 Å². The molecule has 2 aromatic rings. The van der Waals surface area contributed by atoms with Crippen molar-refractivity contribution in [1.82, 2.24) is 5.32 Å². The van der Waals surface area contributed by atoms with Crippen LogP contribution in [0.25, 0.3) is 6.08 Å². The minimum atomic E-state index is -0.523. The Labute approximate surface area is 156 Å². The van der Waals surface area contributed by atoms with Gasteiger partial charge in [0.2, 0.25) is 0 Å². The molecular weight excluding hydrogens is 385 g/mol. The lowest BCUT2D eigenvalue weighted by molar-refractivity contribution is -0.384. The van der Waals surface area contributed by atoms with Crippen molar-refractivity contribution in [3.05, 3.63) is 73.1 Å². The monoisotopic (exact) mass is 393 g/mol. The molecule has 0 radical (unpaired) electrons. The van der Waals surface area contributed by atoms with Gasteiger partial charge in [0.25, 0.3) is 11.6 Å². The SMILES string of the molecule is O=C1NC(=Nc2ccccc2Cl)SC1=Cc1cc([N+](=O)[O-])ccc1Cl. The van der Waals surface area contributed by atoms with E-state index in [4.69, 9.17) is 23.2 Å². The molecule has 1 heterocycles. The molecule has 0 atom stereocenters. The number of nitro groups is 1. The topological polar surface area (TPSA) is 84.6 Å². The fraction of sp³-hybridized carbons (Fsp3) is 0. The summed E-state index contributed by atoms with van der Waals surface area (Å²) in [6.07, 6.45) is 1.49. The van der Waals surface area contributed by atoms with E-state index in [1.165, 1.54) is 24.3 Å². The highest BCUT2D eigenvalue weighted by Gasteiger charge is 2.24. The Kier molecular flexibility index (Phi) is 5.08. The Balaban J connectivity index is 1.91. The summed E-state index contributed by atoms with van der Waals surface area (Å²) in [4.78, 5) is 27.1. The van der Waals surface area contributed by atoms with Gasteiger partial charge in [0.15, 0.2) is 5.17 Å². The summed E-state index contributed by atoms with van der Waals surface area (Å²) in [6.45, 7) is 0. The Morgan fingerprint density at radius 2 is 1.92 bits per heavy atom. The van der Waals surface area contributed by atoms with E-state index in [0.717, 1.165) is 11.8 Å². The second kappa shape index (κ2) is 7.26. The lowest BCUT2D eigenvalue weighted by atomic mass is 10.2. The van der Waals surface area contributed by atoms with Gasteiger partial charge in [-0.15, -0.1) is 0 Å². The zero-order chi connectivity index (χ0) is 18.0. The third-order valence-electron chi connectivity index (χ3n) is 3.20. The summed E-state index contributed by atoms with van der Waals surface area (Å²) in [6, 6.07) is 11.0. The van der Waals surface area contributed by atoms with Crippen LogP contribution in [0, 0.1) is 10.1 Å². The molecule has 0 spiro atoms. The zero-order valence-corrected chi connectivity index (χ0v) is 14.7. The number of amidine groups is 1. The van der Waals surface area contributed by atoms with Crippen LogP contribution in [0.15, 0.2) is 52.4 Å². The van der Waals surface area contributed by atoms with E-state index < -0.39 is 4.92 Å². The molecule has 1 aliphatic heterocycles. The smallest absolute Gasteiger partial charge is 0.270 e. The Hall–Kier alpha value is -2.35. The van der Waals surface area contributed by atoms with E-state index in [0.29, 0.717) is 31.4 Å². The molecular formula is C16H9Cl2N3O3S. The lowest BCUT2D eigenvalue weighted by Gasteiger charge is -1.99. The average Bonchev–Trinajstić information content (AvgIpc) is 2.91. The summed E-state index contributed by atoms with van der Waals surface area (Å²) in [5.41, 5.74) is 0.804. The van der Waals surface area contributed by atoms with E-state index in [9.17, 15) is 14.9 Å². The van der Waals surface area contributed by atoms with Gasteiger partial charge in [-0.25, -0.2) is 4.99 Å². The van der Waals surface area contributed by atoms with Crippen molar-refractivity contribution in [2.24, 2.45) is 4.99 Å². The molecule has 6 nitrogen and oxygen atoms in total. The van der Waals surface area contributed by atoms with E-state index >= 15 is 0 Å². The number of amides is 1. The summed E-state index contributed by atoms with van der Waals surface area (Å²) in [5, 5.41) is 14.6. The fourth-order valence-electron chi connectivity index (χ4n) is 2.03. The molecule has 2 aromatic carbocycles. The minimum absolute atomic E-state index is 0.107. The zero-order valence-electron chi connectivity index (χ0n) is 12.4. The first-order valence-corrected chi connectivity index (χ1v) is 8.49. The second-order valence-electron chi connectivity index (χ2n) is 4.90. The van der Waals surface area contributed by atoms with Gasteiger partial charge in [0.05, 0.1) is 20.5 Å². The number of nitrogens with one attached hydrogen (secondary N) is 1. The number of para-hydroxylation sites is 1. The predicted octanol–water partition coefficient (Wildman–Crippen LogP) is 4.79. The first-order chi connectivity index (χ1) is 11.9. The molecule has 0 saturated carbocycles. The van der Waals surface area contributed by atoms with Gasteiger partial charge in [0.1, 0.15) is 0 Å². The number of nitro benzene ring substituents is 1. The number of halogens is 2. The molecule has 0 aromatic heterocycles. The van der Waals surface area contributed by atoms with Gasteiger partial charge in [-0.2, -0.15) is 0 Å². The maximum Gasteiger partial charge on any atom is 0.270 e. The Morgan fingerprint density at radius 3 is 2.64 bits per heavy atom. The van der Waals surface area contributed by atoms with Gasteiger partial charge < -0.3 is 5.32 Å². The second-order valence-corrected chi connectivity index (χ2v) is 6.74. The fourth-order valence-corrected chi connectivity index (χ4v) is 3.20.